The molecule has 1 heterocycles. The monoisotopic (exact) mass is 379 g/mol. The van der Waals surface area contributed by atoms with Crippen molar-refractivity contribution < 1.29 is 19.0 Å². The van der Waals surface area contributed by atoms with E-state index in [0.29, 0.717) is 18.5 Å². The van der Waals surface area contributed by atoms with Crippen LogP contribution in [0.5, 0.6) is 5.75 Å². The van der Waals surface area contributed by atoms with Crippen molar-refractivity contribution in [2.24, 2.45) is 0 Å². The fourth-order valence-electron chi connectivity index (χ4n) is 3.52. The number of allylic oxidation sites excluding steroid dienone is 1. The number of fused-ring (bicyclic) bond motifs is 1. The second-order valence-corrected chi connectivity index (χ2v) is 6.50. The van der Waals surface area contributed by atoms with Gasteiger partial charge in [0.25, 0.3) is 0 Å². The molecule has 5 nitrogen and oxygen atoms in total. The van der Waals surface area contributed by atoms with Crippen molar-refractivity contribution in [1.82, 2.24) is 4.57 Å². The number of rotatable bonds is 7. The third-order valence-electron chi connectivity index (χ3n) is 4.94. The second kappa shape index (κ2) is 8.65. The number of esters is 1. The first kappa shape index (κ1) is 19.5. The van der Waals surface area contributed by atoms with E-state index in [9.17, 15) is 4.79 Å². The molecule has 0 atom stereocenters. The summed E-state index contributed by atoms with van der Waals surface area (Å²) in [5.74, 6) is 0.500. The van der Waals surface area contributed by atoms with E-state index in [-0.39, 0.29) is 5.97 Å². The zero-order chi connectivity index (χ0) is 20.1. The molecule has 3 aromatic rings. The Morgan fingerprint density at radius 3 is 2.46 bits per heavy atom. The number of carbonyl (C=O) groups excluding carboxylic acids is 1. The molecule has 3 rings (SSSR count). The Balaban J connectivity index is 2.14. The van der Waals surface area contributed by atoms with E-state index >= 15 is 0 Å². The van der Waals surface area contributed by atoms with Crippen molar-refractivity contribution in [3.8, 4) is 5.75 Å². The average molecular weight is 379 g/mol. The molecule has 0 amide bonds. The molecule has 0 saturated heterocycles. The molecule has 0 radical (unpaired) electrons. The largest absolute Gasteiger partial charge is 0.505 e. The standard InChI is InChI=1S/C23H25NO4/c1-16-19(8-6-14-26-2)22-20(23(25)28-4)7-5-9-21(22)24(16)15-17-10-12-18(27-3)13-11-17/h5-7,9-14H,8,15H2,1-4H3. The first-order valence-electron chi connectivity index (χ1n) is 9.10. The van der Waals surface area contributed by atoms with E-state index in [0.717, 1.165) is 33.5 Å². The van der Waals surface area contributed by atoms with Gasteiger partial charge in [0.05, 0.1) is 33.2 Å². The minimum Gasteiger partial charge on any atom is -0.505 e. The fraction of sp³-hybridized carbons (Fsp3) is 0.261. The highest BCUT2D eigenvalue weighted by Gasteiger charge is 2.20. The Hall–Kier alpha value is -3.21. The molecule has 0 bridgehead atoms. The van der Waals surface area contributed by atoms with Crippen LogP contribution in [0.3, 0.4) is 0 Å². The maximum absolute atomic E-state index is 12.4. The lowest BCUT2D eigenvalue weighted by atomic mass is 10.0. The molecule has 5 heteroatoms. The quantitative estimate of drug-likeness (QED) is 0.448. The molecule has 28 heavy (non-hydrogen) atoms. The predicted octanol–water partition coefficient (Wildman–Crippen LogP) is 4.50. The van der Waals surface area contributed by atoms with Crippen molar-refractivity contribution in [2.75, 3.05) is 21.3 Å². The van der Waals surface area contributed by atoms with Gasteiger partial charge in [0.2, 0.25) is 0 Å². The molecule has 0 aliphatic rings. The molecule has 0 N–H and O–H groups in total. The Morgan fingerprint density at radius 2 is 1.82 bits per heavy atom. The average Bonchev–Trinajstić information content (AvgIpc) is 2.99. The van der Waals surface area contributed by atoms with Crippen molar-refractivity contribution >= 4 is 16.9 Å². The van der Waals surface area contributed by atoms with Crippen LogP contribution in [0.2, 0.25) is 0 Å². The van der Waals surface area contributed by atoms with Crippen LogP contribution in [-0.2, 0) is 22.4 Å². The lowest BCUT2D eigenvalue weighted by Crippen LogP contribution is -2.03. The molecule has 0 fully saturated rings. The Morgan fingerprint density at radius 1 is 1.07 bits per heavy atom. The summed E-state index contributed by atoms with van der Waals surface area (Å²) >= 11 is 0. The molecule has 0 saturated carbocycles. The predicted molar refractivity (Wildman–Crippen MR) is 110 cm³/mol. The molecule has 0 unspecified atom stereocenters. The minimum absolute atomic E-state index is 0.329. The second-order valence-electron chi connectivity index (χ2n) is 6.50. The third kappa shape index (κ3) is 3.74. The number of hydrogen-bond acceptors (Lipinski definition) is 4. The number of carbonyl (C=O) groups is 1. The third-order valence-corrected chi connectivity index (χ3v) is 4.94. The number of hydrogen-bond donors (Lipinski definition) is 0. The number of nitrogens with zero attached hydrogens (tertiary/aromatic N) is 1. The van der Waals surface area contributed by atoms with Crippen LogP contribution >= 0.6 is 0 Å². The molecule has 2 aromatic carbocycles. The van der Waals surface area contributed by atoms with Gasteiger partial charge in [0.1, 0.15) is 5.75 Å². The van der Waals surface area contributed by atoms with Crippen LogP contribution in [0.25, 0.3) is 10.9 Å². The van der Waals surface area contributed by atoms with Gasteiger partial charge in [-0.25, -0.2) is 4.79 Å². The van der Waals surface area contributed by atoms with E-state index in [1.165, 1.54) is 7.11 Å². The highest BCUT2D eigenvalue weighted by Crippen LogP contribution is 2.31. The van der Waals surface area contributed by atoms with E-state index < -0.39 is 0 Å². The van der Waals surface area contributed by atoms with Gasteiger partial charge in [-0.05, 0) is 54.8 Å². The van der Waals surface area contributed by atoms with Crippen molar-refractivity contribution in [2.45, 2.75) is 19.9 Å². The Bertz CT molecular complexity index is 1000. The summed E-state index contributed by atoms with van der Waals surface area (Å²) in [6.45, 7) is 2.78. The molecule has 146 valence electrons. The molecular weight excluding hydrogens is 354 g/mol. The summed E-state index contributed by atoms with van der Waals surface area (Å²) in [4.78, 5) is 12.4. The van der Waals surface area contributed by atoms with Gasteiger partial charge in [-0.3, -0.25) is 0 Å². The van der Waals surface area contributed by atoms with E-state index in [4.69, 9.17) is 14.2 Å². The summed E-state index contributed by atoms with van der Waals surface area (Å²) in [5.41, 5.74) is 4.96. The summed E-state index contributed by atoms with van der Waals surface area (Å²) in [5, 5.41) is 0.932. The zero-order valence-corrected chi connectivity index (χ0v) is 16.7. The maximum atomic E-state index is 12.4. The van der Waals surface area contributed by atoms with E-state index in [1.54, 1.807) is 20.5 Å². The highest BCUT2D eigenvalue weighted by molar-refractivity contribution is 6.06. The van der Waals surface area contributed by atoms with E-state index in [1.807, 2.05) is 36.4 Å². The van der Waals surface area contributed by atoms with Crippen LogP contribution in [0.15, 0.2) is 54.8 Å². The van der Waals surface area contributed by atoms with Crippen molar-refractivity contribution in [3.63, 3.8) is 0 Å². The fourth-order valence-corrected chi connectivity index (χ4v) is 3.52. The van der Waals surface area contributed by atoms with Gasteiger partial charge in [0, 0.05) is 23.1 Å². The summed E-state index contributed by atoms with van der Waals surface area (Å²) in [6, 6.07) is 13.8. The Kier molecular flexibility index (Phi) is 6.04. The summed E-state index contributed by atoms with van der Waals surface area (Å²) < 4.78 is 17.5. The molecular formula is C23H25NO4. The number of methoxy groups -OCH3 is 3. The summed E-state index contributed by atoms with van der Waals surface area (Å²) in [7, 11) is 4.69. The number of aromatic nitrogens is 1. The van der Waals surface area contributed by atoms with Gasteiger partial charge in [-0.1, -0.05) is 18.2 Å². The lowest BCUT2D eigenvalue weighted by molar-refractivity contribution is 0.0603. The SMILES string of the molecule is COC=CCc1c(C)n(Cc2ccc(OC)cc2)c2cccc(C(=O)OC)c12. The first-order valence-corrected chi connectivity index (χ1v) is 9.10. The van der Waals surface area contributed by atoms with Crippen LogP contribution in [0, 0.1) is 6.92 Å². The van der Waals surface area contributed by atoms with E-state index in [2.05, 4.69) is 23.6 Å². The van der Waals surface area contributed by atoms with Gasteiger partial charge < -0.3 is 18.8 Å². The van der Waals surface area contributed by atoms with Crippen LogP contribution in [0.4, 0.5) is 0 Å². The van der Waals surface area contributed by atoms with Gasteiger partial charge in [-0.15, -0.1) is 0 Å². The molecule has 0 aliphatic carbocycles. The number of ether oxygens (including phenoxy) is 3. The number of benzene rings is 2. The first-order chi connectivity index (χ1) is 13.6. The maximum Gasteiger partial charge on any atom is 0.338 e. The van der Waals surface area contributed by atoms with Crippen LogP contribution in [0.1, 0.15) is 27.2 Å². The van der Waals surface area contributed by atoms with Gasteiger partial charge in [0.15, 0.2) is 0 Å². The highest BCUT2D eigenvalue weighted by atomic mass is 16.5. The normalized spacial score (nSPS) is 11.1. The Labute approximate surface area is 165 Å². The topological polar surface area (TPSA) is 49.7 Å². The molecule has 0 spiro atoms. The van der Waals surface area contributed by atoms with Crippen LogP contribution in [-0.4, -0.2) is 31.9 Å². The molecule has 1 aromatic heterocycles. The lowest BCUT2D eigenvalue weighted by Gasteiger charge is -2.10. The van der Waals surface area contributed by atoms with Crippen LogP contribution < -0.4 is 4.74 Å². The zero-order valence-electron chi connectivity index (χ0n) is 16.7. The minimum atomic E-state index is -0.329. The smallest absolute Gasteiger partial charge is 0.338 e. The molecule has 0 aliphatic heterocycles. The van der Waals surface area contributed by atoms with Crippen molar-refractivity contribution in [1.29, 1.82) is 0 Å². The van der Waals surface area contributed by atoms with Gasteiger partial charge >= 0.3 is 5.97 Å². The van der Waals surface area contributed by atoms with Gasteiger partial charge in [-0.2, -0.15) is 0 Å². The summed E-state index contributed by atoms with van der Waals surface area (Å²) in [6.07, 6.45) is 4.28. The van der Waals surface area contributed by atoms with Crippen molar-refractivity contribution in [3.05, 3.63) is 77.2 Å².